The van der Waals surface area contributed by atoms with E-state index in [4.69, 9.17) is 4.74 Å². The Labute approximate surface area is 201 Å². The van der Waals surface area contributed by atoms with E-state index in [1.807, 2.05) is 0 Å². The van der Waals surface area contributed by atoms with Crippen LogP contribution in [0.1, 0.15) is 31.1 Å². The maximum atomic E-state index is 14.5. The van der Waals surface area contributed by atoms with Crippen molar-refractivity contribution in [3.63, 3.8) is 0 Å². The second kappa shape index (κ2) is 11.2. The minimum Gasteiger partial charge on any atom is -0.497 e. The molecule has 1 aliphatic rings. The first-order chi connectivity index (χ1) is 16.2. The zero-order valence-electron chi connectivity index (χ0n) is 20.2. The van der Waals surface area contributed by atoms with Crippen LogP contribution in [0.3, 0.4) is 0 Å². The van der Waals surface area contributed by atoms with Crippen LogP contribution >= 0.6 is 0 Å². The van der Waals surface area contributed by atoms with Crippen LogP contribution in [0, 0.1) is 5.82 Å². The summed E-state index contributed by atoms with van der Waals surface area (Å²) in [6.07, 6.45) is 0. The van der Waals surface area contributed by atoms with Crippen LogP contribution in [-0.2, 0) is 10.0 Å². The summed E-state index contributed by atoms with van der Waals surface area (Å²) in [5.74, 6) is -1.08. The summed E-state index contributed by atoms with van der Waals surface area (Å²) in [5.41, 5.74) is 0.884. The number of anilines is 2. The van der Waals surface area contributed by atoms with Crippen LogP contribution in [-0.4, -0.2) is 76.5 Å². The third kappa shape index (κ3) is 5.51. The number of ether oxygens (including phenoxy) is 1. The van der Waals surface area contributed by atoms with Gasteiger partial charge in [-0.15, -0.1) is 0 Å². The Kier molecular flexibility index (Phi) is 8.51. The van der Waals surface area contributed by atoms with Crippen molar-refractivity contribution in [1.29, 1.82) is 0 Å². The molecule has 0 atom stereocenters. The van der Waals surface area contributed by atoms with Gasteiger partial charge in [0.25, 0.3) is 5.91 Å². The number of carbonyl (C=O) groups is 1. The van der Waals surface area contributed by atoms with Crippen LogP contribution in [0.15, 0.2) is 41.3 Å². The van der Waals surface area contributed by atoms with Crippen molar-refractivity contribution in [3.05, 3.63) is 47.8 Å². The van der Waals surface area contributed by atoms with Gasteiger partial charge in [-0.25, -0.2) is 12.8 Å². The molecule has 0 spiro atoms. The number of nitrogens with one attached hydrogen (secondary N) is 1. The van der Waals surface area contributed by atoms with E-state index in [9.17, 15) is 17.6 Å². The number of piperazine rings is 1. The van der Waals surface area contributed by atoms with E-state index in [0.717, 1.165) is 38.8 Å². The first kappa shape index (κ1) is 25.9. The van der Waals surface area contributed by atoms with Gasteiger partial charge in [0.05, 0.1) is 28.9 Å². The number of nitrogens with zero attached hydrogens (tertiary/aromatic N) is 3. The molecule has 2 aromatic rings. The Bertz CT molecular complexity index is 1110. The molecule has 0 bridgehead atoms. The molecule has 3 rings (SSSR count). The average molecular weight is 493 g/mol. The van der Waals surface area contributed by atoms with Gasteiger partial charge in [0.1, 0.15) is 11.6 Å². The lowest BCUT2D eigenvalue weighted by Crippen LogP contribution is -2.46. The Morgan fingerprint density at radius 1 is 1.06 bits per heavy atom. The predicted octanol–water partition coefficient (Wildman–Crippen LogP) is 3.26. The standard InChI is InChI=1S/C24H33FN4O4S/c1-5-27-12-14-28(15-13-27)23-11-9-19(34(31,32)29(6-2)7-3)17-22(23)26-24(30)20-10-8-18(33-4)16-21(20)25/h8-11,16-17H,5-7,12-15H2,1-4H3,(H,26,30). The molecule has 8 nitrogen and oxygen atoms in total. The Morgan fingerprint density at radius 2 is 1.74 bits per heavy atom. The molecule has 0 aromatic heterocycles. The van der Waals surface area contributed by atoms with Crippen LogP contribution in [0.5, 0.6) is 5.75 Å². The Morgan fingerprint density at radius 3 is 2.29 bits per heavy atom. The number of hydrogen-bond acceptors (Lipinski definition) is 6. The van der Waals surface area contributed by atoms with E-state index < -0.39 is 21.7 Å². The second-order valence-corrected chi connectivity index (χ2v) is 9.93. The largest absolute Gasteiger partial charge is 0.497 e. The third-order valence-electron chi connectivity index (χ3n) is 6.14. The molecular formula is C24H33FN4O4S. The lowest BCUT2D eigenvalue weighted by molar-refractivity contribution is 0.102. The monoisotopic (exact) mass is 492 g/mol. The topological polar surface area (TPSA) is 82.2 Å². The van der Waals surface area contributed by atoms with Crippen molar-refractivity contribution in [2.24, 2.45) is 0 Å². The van der Waals surface area contributed by atoms with Crippen molar-refractivity contribution in [2.45, 2.75) is 25.7 Å². The highest BCUT2D eigenvalue weighted by Crippen LogP contribution is 2.32. The summed E-state index contributed by atoms with van der Waals surface area (Å²) in [5, 5.41) is 2.76. The fourth-order valence-electron chi connectivity index (χ4n) is 4.07. The number of carbonyl (C=O) groups excluding carboxylic acids is 1. The Balaban J connectivity index is 1.99. The van der Waals surface area contributed by atoms with E-state index in [2.05, 4.69) is 22.0 Å². The highest BCUT2D eigenvalue weighted by molar-refractivity contribution is 7.89. The van der Waals surface area contributed by atoms with Gasteiger partial charge < -0.3 is 19.9 Å². The zero-order chi connectivity index (χ0) is 24.9. The fraction of sp³-hybridized carbons (Fsp3) is 0.458. The minimum absolute atomic E-state index is 0.0812. The molecule has 10 heteroatoms. The first-order valence-corrected chi connectivity index (χ1v) is 13.0. The maximum absolute atomic E-state index is 14.5. The van der Waals surface area contributed by atoms with Crippen LogP contribution in [0.2, 0.25) is 0 Å². The summed E-state index contributed by atoms with van der Waals surface area (Å²) in [6.45, 7) is 10.5. The van der Waals surface area contributed by atoms with Crippen molar-refractivity contribution in [1.82, 2.24) is 9.21 Å². The van der Waals surface area contributed by atoms with E-state index >= 15 is 0 Å². The van der Waals surface area contributed by atoms with E-state index in [1.165, 1.54) is 29.6 Å². The number of halogens is 1. The van der Waals surface area contributed by atoms with Gasteiger partial charge in [-0.1, -0.05) is 20.8 Å². The van der Waals surface area contributed by atoms with E-state index in [-0.39, 0.29) is 10.5 Å². The van der Waals surface area contributed by atoms with Gasteiger partial charge in [-0.2, -0.15) is 4.31 Å². The third-order valence-corrected chi connectivity index (χ3v) is 8.19. The van der Waals surface area contributed by atoms with Crippen LogP contribution < -0.4 is 15.0 Å². The number of rotatable bonds is 9. The van der Waals surface area contributed by atoms with Crippen molar-refractivity contribution < 1.29 is 22.3 Å². The van der Waals surface area contributed by atoms with Crippen molar-refractivity contribution in [2.75, 3.05) is 63.1 Å². The average Bonchev–Trinajstić information content (AvgIpc) is 2.84. The van der Waals surface area contributed by atoms with Gasteiger partial charge in [0, 0.05) is 45.3 Å². The molecule has 0 saturated carbocycles. The number of amides is 1. The summed E-state index contributed by atoms with van der Waals surface area (Å²) < 4.78 is 47.1. The zero-order valence-corrected chi connectivity index (χ0v) is 21.0. The second-order valence-electron chi connectivity index (χ2n) is 7.99. The molecule has 0 unspecified atom stereocenters. The SMILES string of the molecule is CCN1CCN(c2ccc(S(=O)(=O)N(CC)CC)cc2NC(=O)c2ccc(OC)cc2F)CC1. The summed E-state index contributed by atoms with van der Waals surface area (Å²) >= 11 is 0. The first-order valence-electron chi connectivity index (χ1n) is 11.5. The molecule has 0 radical (unpaired) electrons. The summed E-state index contributed by atoms with van der Waals surface area (Å²) in [6, 6.07) is 8.75. The number of likely N-dealkylation sites (N-methyl/N-ethyl adjacent to an activating group) is 1. The van der Waals surface area contributed by atoms with Gasteiger partial charge >= 0.3 is 0 Å². The molecule has 2 aromatic carbocycles. The van der Waals surface area contributed by atoms with Gasteiger partial charge in [0.15, 0.2) is 0 Å². The quantitative estimate of drug-likeness (QED) is 0.579. The number of benzene rings is 2. The molecule has 1 fully saturated rings. The molecule has 34 heavy (non-hydrogen) atoms. The number of methoxy groups -OCH3 is 1. The lowest BCUT2D eigenvalue weighted by Gasteiger charge is -2.36. The number of hydrogen-bond donors (Lipinski definition) is 1. The number of sulfonamides is 1. The van der Waals surface area contributed by atoms with Gasteiger partial charge in [-0.3, -0.25) is 4.79 Å². The molecule has 1 amide bonds. The van der Waals surface area contributed by atoms with Crippen LogP contribution in [0.4, 0.5) is 15.8 Å². The highest BCUT2D eigenvalue weighted by atomic mass is 32.2. The molecule has 0 aliphatic carbocycles. The lowest BCUT2D eigenvalue weighted by atomic mass is 10.1. The smallest absolute Gasteiger partial charge is 0.258 e. The normalized spacial score (nSPS) is 14.9. The highest BCUT2D eigenvalue weighted by Gasteiger charge is 2.26. The summed E-state index contributed by atoms with van der Waals surface area (Å²) in [7, 11) is -2.32. The molecule has 1 heterocycles. The van der Waals surface area contributed by atoms with Crippen LogP contribution in [0.25, 0.3) is 0 Å². The molecule has 186 valence electrons. The van der Waals surface area contributed by atoms with E-state index in [1.54, 1.807) is 26.0 Å². The molecule has 1 aliphatic heterocycles. The Hall–Kier alpha value is -2.69. The predicted molar refractivity (Wildman–Crippen MR) is 132 cm³/mol. The minimum atomic E-state index is -3.74. The molecule has 1 N–H and O–H groups in total. The van der Waals surface area contributed by atoms with Crippen molar-refractivity contribution in [3.8, 4) is 5.75 Å². The maximum Gasteiger partial charge on any atom is 0.258 e. The van der Waals surface area contributed by atoms with Gasteiger partial charge in [0.2, 0.25) is 10.0 Å². The van der Waals surface area contributed by atoms with E-state index in [0.29, 0.717) is 30.2 Å². The molecular weight excluding hydrogens is 459 g/mol. The fourth-order valence-corrected chi connectivity index (χ4v) is 5.55. The van der Waals surface area contributed by atoms with Crippen molar-refractivity contribution >= 4 is 27.3 Å². The summed E-state index contributed by atoms with van der Waals surface area (Å²) in [4.78, 5) is 17.5. The van der Waals surface area contributed by atoms with Gasteiger partial charge in [-0.05, 0) is 36.9 Å². The molecule has 1 saturated heterocycles.